The van der Waals surface area contributed by atoms with Crippen molar-refractivity contribution in [2.24, 2.45) is 0 Å². The van der Waals surface area contributed by atoms with Crippen molar-refractivity contribution in [3.8, 4) is 0 Å². The molecule has 0 radical (unpaired) electrons. The number of hydrogen-bond acceptors (Lipinski definition) is 4. The fraction of sp³-hybridized carbons (Fsp3) is 0. The van der Waals surface area contributed by atoms with Crippen LogP contribution in [0.5, 0.6) is 0 Å². The van der Waals surface area contributed by atoms with Gasteiger partial charge in [0.2, 0.25) is 0 Å². The lowest BCUT2D eigenvalue weighted by molar-refractivity contribution is 0.0690. The van der Waals surface area contributed by atoms with Crippen LogP contribution in [-0.2, 0) is 10.0 Å². The number of halogens is 2. The van der Waals surface area contributed by atoms with Crippen LogP contribution < -0.4 is 4.72 Å². The van der Waals surface area contributed by atoms with Crippen LogP contribution >= 0.6 is 27.5 Å². The molecule has 110 valence electrons. The maximum Gasteiger partial charge on any atom is 0.354 e. The minimum Gasteiger partial charge on any atom is -0.477 e. The molecule has 0 atom stereocenters. The fourth-order valence-corrected chi connectivity index (χ4v) is 3.16. The van der Waals surface area contributed by atoms with E-state index >= 15 is 0 Å². The monoisotopic (exact) mass is 390 g/mol. The van der Waals surface area contributed by atoms with E-state index in [1.807, 2.05) is 0 Å². The second kappa shape index (κ2) is 6.00. The maximum absolute atomic E-state index is 12.2. The van der Waals surface area contributed by atoms with E-state index in [2.05, 4.69) is 25.6 Å². The SMILES string of the molecule is O=C(O)c1ccc(NS(=O)(=O)c2ccc(Cl)c(Br)c2)cn1. The predicted octanol–water partition coefficient (Wildman–Crippen LogP) is 3.00. The Morgan fingerprint density at radius 2 is 2.00 bits per heavy atom. The second-order valence-corrected chi connectivity index (χ2v) is 6.86. The van der Waals surface area contributed by atoms with Gasteiger partial charge in [-0.3, -0.25) is 4.72 Å². The van der Waals surface area contributed by atoms with Crippen molar-refractivity contribution in [1.82, 2.24) is 4.98 Å². The van der Waals surface area contributed by atoms with Gasteiger partial charge < -0.3 is 5.11 Å². The highest BCUT2D eigenvalue weighted by Gasteiger charge is 2.16. The molecular formula is C12H8BrClN2O4S. The Hall–Kier alpha value is -1.64. The lowest BCUT2D eigenvalue weighted by Crippen LogP contribution is -2.13. The highest BCUT2D eigenvalue weighted by Crippen LogP contribution is 2.26. The summed E-state index contributed by atoms with van der Waals surface area (Å²) in [6.45, 7) is 0. The highest BCUT2D eigenvalue weighted by atomic mass is 79.9. The van der Waals surface area contributed by atoms with Gasteiger partial charge >= 0.3 is 5.97 Å². The smallest absolute Gasteiger partial charge is 0.354 e. The topological polar surface area (TPSA) is 96.4 Å². The molecule has 0 aliphatic rings. The van der Waals surface area contributed by atoms with E-state index in [9.17, 15) is 13.2 Å². The second-order valence-electron chi connectivity index (χ2n) is 3.92. The minimum atomic E-state index is -3.81. The molecule has 6 nitrogen and oxygen atoms in total. The molecule has 0 unspecified atom stereocenters. The summed E-state index contributed by atoms with van der Waals surface area (Å²) in [5, 5.41) is 9.11. The van der Waals surface area contributed by atoms with E-state index in [-0.39, 0.29) is 16.3 Å². The number of benzene rings is 1. The van der Waals surface area contributed by atoms with E-state index < -0.39 is 16.0 Å². The molecule has 0 bridgehead atoms. The summed E-state index contributed by atoms with van der Waals surface area (Å²) in [5.41, 5.74) is -0.0155. The molecule has 1 heterocycles. The van der Waals surface area contributed by atoms with Gasteiger partial charge in [0.05, 0.1) is 21.8 Å². The van der Waals surface area contributed by atoms with Crippen LogP contribution in [0.1, 0.15) is 10.5 Å². The molecule has 0 amide bonds. The standard InChI is InChI=1S/C12H8BrClN2O4S/c13-9-5-8(2-3-10(9)14)21(19,20)16-7-1-4-11(12(17)18)15-6-7/h1-6,16H,(H,17,18). The number of anilines is 1. The summed E-state index contributed by atoms with van der Waals surface area (Å²) in [6, 6.07) is 6.70. The lowest BCUT2D eigenvalue weighted by atomic mass is 10.3. The molecule has 0 aliphatic heterocycles. The maximum atomic E-state index is 12.2. The summed E-state index contributed by atoms with van der Waals surface area (Å²) in [4.78, 5) is 14.3. The van der Waals surface area contributed by atoms with Gasteiger partial charge in [0.1, 0.15) is 5.69 Å². The summed E-state index contributed by atoms with van der Waals surface area (Å²) in [6.07, 6.45) is 1.13. The fourth-order valence-electron chi connectivity index (χ4n) is 1.44. The van der Waals surface area contributed by atoms with Crippen molar-refractivity contribution >= 4 is 49.2 Å². The lowest BCUT2D eigenvalue weighted by Gasteiger charge is -2.08. The van der Waals surface area contributed by atoms with Crippen molar-refractivity contribution in [1.29, 1.82) is 0 Å². The van der Waals surface area contributed by atoms with Crippen LogP contribution in [0.25, 0.3) is 0 Å². The van der Waals surface area contributed by atoms with Gasteiger partial charge in [-0.2, -0.15) is 0 Å². The Morgan fingerprint density at radius 3 is 2.52 bits per heavy atom. The molecule has 2 aromatic rings. The third-order valence-corrected chi connectivity index (χ3v) is 5.03. The number of pyridine rings is 1. The summed E-state index contributed by atoms with van der Waals surface area (Å²) in [5.74, 6) is -1.19. The first-order valence-electron chi connectivity index (χ1n) is 5.47. The number of nitrogens with one attached hydrogen (secondary N) is 1. The van der Waals surface area contributed by atoms with E-state index in [1.54, 1.807) is 0 Å². The Morgan fingerprint density at radius 1 is 1.29 bits per heavy atom. The summed E-state index contributed by atoms with van der Waals surface area (Å²) < 4.78 is 27.1. The van der Waals surface area contributed by atoms with E-state index in [1.165, 1.54) is 30.3 Å². The first kappa shape index (κ1) is 15.7. The first-order valence-corrected chi connectivity index (χ1v) is 8.12. The third kappa shape index (κ3) is 3.72. The number of carboxylic acid groups (broad SMARTS) is 1. The van der Waals surface area contributed by atoms with Crippen LogP contribution in [0.4, 0.5) is 5.69 Å². The van der Waals surface area contributed by atoms with Crippen molar-refractivity contribution in [3.63, 3.8) is 0 Å². The molecule has 9 heteroatoms. The Balaban J connectivity index is 2.28. The molecule has 0 fully saturated rings. The molecule has 0 saturated carbocycles. The minimum absolute atomic E-state index is 0.0149. The van der Waals surface area contributed by atoms with Crippen LogP contribution in [0.15, 0.2) is 45.9 Å². The van der Waals surface area contributed by atoms with Gasteiger partial charge in [0.25, 0.3) is 10.0 Å². The summed E-state index contributed by atoms with van der Waals surface area (Å²) >= 11 is 8.96. The number of nitrogens with zero attached hydrogens (tertiary/aromatic N) is 1. The number of carboxylic acids is 1. The van der Waals surface area contributed by atoms with Crippen molar-refractivity contribution in [3.05, 3.63) is 51.7 Å². The molecule has 21 heavy (non-hydrogen) atoms. The van der Waals surface area contributed by atoms with E-state index in [0.717, 1.165) is 6.20 Å². The average molecular weight is 392 g/mol. The molecule has 0 saturated heterocycles. The van der Waals surface area contributed by atoms with Crippen LogP contribution in [0.2, 0.25) is 5.02 Å². The third-order valence-electron chi connectivity index (χ3n) is 2.44. The van der Waals surface area contributed by atoms with Gasteiger partial charge in [-0.25, -0.2) is 18.2 Å². The zero-order valence-electron chi connectivity index (χ0n) is 10.2. The quantitative estimate of drug-likeness (QED) is 0.835. The van der Waals surface area contributed by atoms with Gasteiger partial charge in [-0.05, 0) is 46.3 Å². The van der Waals surface area contributed by atoms with Crippen LogP contribution in [-0.4, -0.2) is 24.5 Å². The van der Waals surface area contributed by atoms with Crippen LogP contribution in [0, 0.1) is 0 Å². The number of aromatic carboxylic acids is 1. The van der Waals surface area contributed by atoms with E-state index in [4.69, 9.17) is 16.7 Å². The normalized spacial score (nSPS) is 11.1. The number of sulfonamides is 1. The molecule has 1 aromatic carbocycles. The molecule has 1 aromatic heterocycles. The number of hydrogen-bond donors (Lipinski definition) is 2. The number of aromatic nitrogens is 1. The highest BCUT2D eigenvalue weighted by molar-refractivity contribution is 9.10. The van der Waals surface area contributed by atoms with Gasteiger partial charge in [0, 0.05) is 4.47 Å². The number of rotatable bonds is 4. The molecule has 2 N–H and O–H groups in total. The van der Waals surface area contributed by atoms with Crippen molar-refractivity contribution in [2.45, 2.75) is 4.90 Å². The first-order chi connectivity index (χ1) is 9.79. The zero-order chi connectivity index (χ0) is 15.6. The molecular weight excluding hydrogens is 384 g/mol. The van der Waals surface area contributed by atoms with Crippen molar-refractivity contribution < 1.29 is 18.3 Å². The number of carbonyl (C=O) groups is 1. The van der Waals surface area contributed by atoms with Gasteiger partial charge in [-0.1, -0.05) is 11.6 Å². The summed E-state index contributed by atoms with van der Waals surface area (Å²) in [7, 11) is -3.81. The van der Waals surface area contributed by atoms with Crippen molar-refractivity contribution in [2.75, 3.05) is 4.72 Å². The van der Waals surface area contributed by atoms with Gasteiger partial charge in [-0.15, -0.1) is 0 Å². The largest absolute Gasteiger partial charge is 0.477 e. The van der Waals surface area contributed by atoms with Gasteiger partial charge in [0.15, 0.2) is 0 Å². The molecule has 0 spiro atoms. The van der Waals surface area contributed by atoms with E-state index in [0.29, 0.717) is 9.50 Å². The predicted molar refractivity (Wildman–Crippen MR) is 81.2 cm³/mol. The molecule has 0 aliphatic carbocycles. The average Bonchev–Trinajstić information content (AvgIpc) is 2.42. The zero-order valence-corrected chi connectivity index (χ0v) is 13.4. The Kier molecular flexibility index (Phi) is 4.50. The Bertz CT molecular complexity index is 793. The van der Waals surface area contributed by atoms with Crippen LogP contribution in [0.3, 0.4) is 0 Å². The Labute approximate surface area is 134 Å². The molecule has 2 rings (SSSR count).